The first kappa shape index (κ1) is 15.5. The van der Waals surface area contributed by atoms with Gasteiger partial charge in [-0.3, -0.25) is 0 Å². The van der Waals surface area contributed by atoms with Crippen LogP contribution in [0.3, 0.4) is 0 Å². The smallest absolute Gasteiger partial charge is 0.0412 e. The third-order valence-electron chi connectivity index (χ3n) is 3.01. The van der Waals surface area contributed by atoms with E-state index in [4.69, 9.17) is 0 Å². The number of rotatable bonds is 7. The summed E-state index contributed by atoms with van der Waals surface area (Å²) in [6.07, 6.45) is 0. The number of halogens is 1. The first-order chi connectivity index (χ1) is 8.58. The van der Waals surface area contributed by atoms with Gasteiger partial charge in [0.1, 0.15) is 0 Å². The second-order valence-corrected chi connectivity index (χ2v) is 5.89. The molecular formula is C15H25BrN2. The molecule has 0 saturated heterocycles. The van der Waals surface area contributed by atoms with Crippen LogP contribution in [0.1, 0.15) is 33.3 Å². The van der Waals surface area contributed by atoms with Crippen LogP contribution in [0.4, 0.5) is 5.69 Å². The Hall–Kier alpha value is -0.540. The maximum Gasteiger partial charge on any atom is 0.0412 e. The Morgan fingerprint density at radius 1 is 1.22 bits per heavy atom. The predicted octanol–water partition coefficient (Wildman–Crippen LogP) is 4.04. The van der Waals surface area contributed by atoms with E-state index in [0.717, 1.165) is 30.7 Å². The largest absolute Gasteiger partial charge is 0.372 e. The number of hydrogen-bond acceptors (Lipinski definition) is 2. The van der Waals surface area contributed by atoms with Crippen LogP contribution in [0.5, 0.6) is 0 Å². The Balaban J connectivity index is 2.82. The molecule has 0 spiro atoms. The number of nitrogens with zero attached hydrogens (tertiary/aromatic N) is 1. The lowest BCUT2D eigenvalue weighted by Gasteiger charge is -2.24. The Labute approximate surface area is 120 Å². The van der Waals surface area contributed by atoms with Gasteiger partial charge in [0.2, 0.25) is 0 Å². The molecule has 0 bridgehead atoms. The molecule has 0 aliphatic heterocycles. The van der Waals surface area contributed by atoms with Gasteiger partial charge in [-0.05, 0) is 50.1 Å². The monoisotopic (exact) mass is 312 g/mol. The van der Waals surface area contributed by atoms with Crippen molar-refractivity contribution in [2.24, 2.45) is 5.92 Å². The molecule has 18 heavy (non-hydrogen) atoms. The van der Waals surface area contributed by atoms with E-state index in [1.54, 1.807) is 0 Å². The highest BCUT2D eigenvalue weighted by Gasteiger charge is 2.08. The van der Waals surface area contributed by atoms with Crippen LogP contribution in [-0.4, -0.2) is 19.6 Å². The topological polar surface area (TPSA) is 15.3 Å². The molecule has 0 amide bonds. The third-order valence-corrected chi connectivity index (χ3v) is 3.51. The Morgan fingerprint density at radius 3 is 2.44 bits per heavy atom. The van der Waals surface area contributed by atoms with Gasteiger partial charge < -0.3 is 10.2 Å². The zero-order valence-corrected chi connectivity index (χ0v) is 13.5. The fraction of sp³-hybridized carbons (Fsp3) is 0.600. The number of hydrogen-bond donors (Lipinski definition) is 1. The van der Waals surface area contributed by atoms with Crippen LogP contribution < -0.4 is 10.2 Å². The summed E-state index contributed by atoms with van der Waals surface area (Å²) in [5, 5.41) is 3.52. The van der Waals surface area contributed by atoms with Crippen molar-refractivity contribution in [3.8, 4) is 0 Å². The Kier molecular flexibility index (Phi) is 6.72. The molecule has 2 nitrogen and oxygen atoms in total. The van der Waals surface area contributed by atoms with E-state index < -0.39 is 0 Å². The minimum absolute atomic E-state index is 0.689. The SMILES string of the molecule is CCN(CC)c1ccc(Br)cc1CNCC(C)C. The predicted molar refractivity (Wildman–Crippen MR) is 84.2 cm³/mol. The van der Waals surface area contributed by atoms with Crippen molar-refractivity contribution in [3.05, 3.63) is 28.2 Å². The molecular weight excluding hydrogens is 288 g/mol. The summed E-state index contributed by atoms with van der Waals surface area (Å²) in [5.41, 5.74) is 2.72. The van der Waals surface area contributed by atoms with Crippen molar-refractivity contribution < 1.29 is 0 Å². The number of anilines is 1. The highest BCUT2D eigenvalue weighted by atomic mass is 79.9. The van der Waals surface area contributed by atoms with Crippen molar-refractivity contribution in [2.75, 3.05) is 24.5 Å². The molecule has 1 rings (SSSR count). The fourth-order valence-electron chi connectivity index (χ4n) is 2.06. The summed E-state index contributed by atoms with van der Waals surface area (Å²) in [4.78, 5) is 2.40. The van der Waals surface area contributed by atoms with Crippen LogP contribution in [0.15, 0.2) is 22.7 Å². The van der Waals surface area contributed by atoms with E-state index in [2.05, 4.69) is 72.0 Å². The first-order valence-corrected chi connectivity index (χ1v) is 7.61. The van der Waals surface area contributed by atoms with Crippen LogP contribution in [0.25, 0.3) is 0 Å². The minimum Gasteiger partial charge on any atom is -0.372 e. The van der Waals surface area contributed by atoms with Gasteiger partial charge in [0.15, 0.2) is 0 Å². The van der Waals surface area contributed by atoms with E-state index in [1.165, 1.54) is 11.3 Å². The summed E-state index contributed by atoms with van der Waals surface area (Å²) in [5.74, 6) is 0.689. The summed E-state index contributed by atoms with van der Waals surface area (Å²) >= 11 is 3.56. The maximum absolute atomic E-state index is 3.56. The summed E-state index contributed by atoms with van der Waals surface area (Å²) in [6.45, 7) is 13.0. The molecule has 102 valence electrons. The molecule has 0 aliphatic rings. The van der Waals surface area contributed by atoms with Gasteiger partial charge in [0.05, 0.1) is 0 Å². The highest BCUT2D eigenvalue weighted by molar-refractivity contribution is 9.10. The lowest BCUT2D eigenvalue weighted by Crippen LogP contribution is -2.25. The van der Waals surface area contributed by atoms with Gasteiger partial charge >= 0.3 is 0 Å². The summed E-state index contributed by atoms with van der Waals surface area (Å²) < 4.78 is 1.15. The van der Waals surface area contributed by atoms with Gasteiger partial charge in [0.25, 0.3) is 0 Å². The van der Waals surface area contributed by atoms with Gasteiger partial charge in [-0.25, -0.2) is 0 Å². The number of benzene rings is 1. The molecule has 1 aromatic rings. The van der Waals surface area contributed by atoms with Crippen molar-refractivity contribution in [3.63, 3.8) is 0 Å². The number of nitrogens with one attached hydrogen (secondary N) is 1. The standard InChI is InChI=1S/C15H25BrN2/c1-5-18(6-2)15-8-7-14(16)9-13(15)11-17-10-12(3)4/h7-9,12,17H,5-6,10-11H2,1-4H3. The second kappa shape index (κ2) is 7.80. The minimum atomic E-state index is 0.689. The zero-order chi connectivity index (χ0) is 13.5. The molecule has 0 atom stereocenters. The van der Waals surface area contributed by atoms with E-state index in [0.29, 0.717) is 5.92 Å². The van der Waals surface area contributed by atoms with Crippen LogP contribution in [0.2, 0.25) is 0 Å². The first-order valence-electron chi connectivity index (χ1n) is 6.82. The molecule has 0 aromatic heterocycles. The molecule has 1 N–H and O–H groups in total. The van der Waals surface area contributed by atoms with E-state index >= 15 is 0 Å². The van der Waals surface area contributed by atoms with Crippen LogP contribution in [-0.2, 0) is 6.54 Å². The maximum atomic E-state index is 3.56. The summed E-state index contributed by atoms with van der Waals surface area (Å²) in [6, 6.07) is 6.56. The van der Waals surface area contributed by atoms with Crippen molar-refractivity contribution in [2.45, 2.75) is 34.2 Å². The van der Waals surface area contributed by atoms with Crippen LogP contribution in [0, 0.1) is 5.92 Å². The molecule has 3 heteroatoms. The van der Waals surface area contributed by atoms with Gasteiger partial charge in [0, 0.05) is 29.8 Å². The normalized spacial score (nSPS) is 11.0. The lowest BCUT2D eigenvalue weighted by molar-refractivity contribution is 0.552. The molecule has 0 aliphatic carbocycles. The molecule has 0 fully saturated rings. The average molecular weight is 313 g/mol. The van der Waals surface area contributed by atoms with Gasteiger partial charge in [-0.15, -0.1) is 0 Å². The fourth-order valence-corrected chi connectivity index (χ4v) is 2.47. The average Bonchev–Trinajstić information content (AvgIpc) is 2.32. The Morgan fingerprint density at radius 2 is 1.89 bits per heavy atom. The highest BCUT2D eigenvalue weighted by Crippen LogP contribution is 2.24. The molecule has 0 heterocycles. The molecule has 1 aromatic carbocycles. The van der Waals surface area contributed by atoms with Gasteiger partial charge in [-0.2, -0.15) is 0 Å². The summed E-state index contributed by atoms with van der Waals surface area (Å²) in [7, 11) is 0. The quantitative estimate of drug-likeness (QED) is 0.817. The molecule has 0 saturated carbocycles. The van der Waals surface area contributed by atoms with E-state index in [1.807, 2.05) is 0 Å². The lowest BCUT2D eigenvalue weighted by atomic mass is 10.1. The van der Waals surface area contributed by atoms with Crippen molar-refractivity contribution in [1.29, 1.82) is 0 Å². The van der Waals surface area contributed by atoms with Gasteiger partial charge in [-0.1, -0.05) is 29.8 Å². The van der Waals surface area contributed by atoms with E-state index in [-0.39, 0.29) is 0 Å². The molecule has 0 radical (unpaired) electrons. The van der Waals surface area contributed by atoms with Crippen molar-refractivity contribution in [1.82, 2.24) is 5.32 Å². The second-order valence-electron chi connectivity index (χ2n) is 4.97. The Bertz CT molecular complexity index is 360. The van der Waals surface area contributed by atoms with Crippen LogP contribution >= 0.6 is 15.9 Å². The van der Waals surface area contributed by atoms with E-state index in [9.17, 15) is 0 Å². The third kappa shape index (κ3) is 4.62. The van der Waals surface area contributed by atoms with Crippen molar-refractivity contribution >= 4 is 21.6 Å². The molecule has 0 unspecified atom stereocenters. The zero-order valence-electron chi connectivity index (χ0n) is 12.0.